The van der Waals surface area contributed by atoms with Gasteiger partial charge in [0.25, 0.3) is 0 Å². The maximum Gasteiger partial charge on any atom is 0.239 e. The number of carbonyl (C=O) groups is 1. The summed E-state index contributed by atoms with van der Waals surface area (Å²) in [4.78, 5) is 18.7. The van der Waals surface area contributed by atoms with Crippen LogP contribution in [-0.2, 0) is 27.8 Å². The molecular formula is C18H16N2O3S2. The Morgan fingerprint density at radius 1 is 1.28 bits per heavy atom. The zero-order valence-electron chi connectivity index (χ0n) is 13.4. The summed E-state index contributed by atoms with van der Waals surface area (Å²) in [7, 11) is -1.29. The topological polar surface area (TPSA) is 63.4 Å². The van der Waals surface area contributed by atoms with Gasteiger partial charge in [-0.15, -0.1) is 11.3 Å². The number of nitrogens with zero attached hydrogens (tertiary/aromatic N) is 2. The Labute approximate surface area is 151 Å². The zero-order chi connectivity index (χ0) is 17.2. The van der Waals surface area contributed by atoms with Gasteiger partial charge in [-0.25, -0.2) is 4.98 Å². The number of benzene rings is 1. The Balaban J connectivity index is 1.39. The number of aromatic nitrogens is 1. The van der Waals surface area contributed by atoms with Crippen molar-refractivity contribution in [3.8, 4) is 10.8 Å². The van der Waals surface area contributed by atoms with Gasteiger partial charge < -0.3 is 9.32 Å². The Bertz CT molecular complexity index is 918. The van der Waals surface area contributed by atoms with Gasteiger partial charge in [-0.05, 0) is 30.2 Å². The van der Waals surface area contributed by atoms with Gasteiger partial charge in [-0.2, -0.15) is 0 Å². The standard InChI is InChI=1S/C18H16N2O3S2/c21-17(20-8-7-13-4-1-2-5-15(13)20)12-25(22)11-14-10-24-18(19-14)16-6-3-9-23-16/h1-6,9-10H,7-8,11-12H2/t25-/m1/s1. The number of furan rings is 1. The van der Waals surface area contributed by atoms with E-state index in [1.54, 1.807) is 17.2 Å². The molecule has 7 heteroatoms. The summed E-state index contributed by atoms with van der Waals surface area (Å²) in [6, 6.07) is 11.5. The lowest BCUT2D eigenvalue weighted by molar-refractivity contribution is -0.116. The van der Waals surface area contributed by atoms with E-state index in [4.69, 9.17) is 4.42 Å². The van der Waals surface area contributed by atoms with Crippen molar-refractivity contribution in [3.63, 3.8) is 0 Å². The minimum absolute atomic E-state index is 0.0158. The van der Waals surface area contributed by atoms with E-state index >= 15 is 0 Å². The van der Waals surface area contributed by atoms with E-state index in [0.29, 0.717) is 12.3 Å². The van der Waals surface area contributed by atoms with Gasteiger partial charge in [-0.1, -0.05) is 18.2 Å². The molecule has 1 aliphatic rings. The molecule has 0 saturated heterocycles. The van der Waals surface area contributed by atoms with Crippen molar-refractivity contribution in [1.29, 1.82) is 0 Å². The highest BCUT2D eigenvalue weighted by Crippen LogP contribution is 2.28. The Kier molecular flexibility index (Phi) is 4.50. The first-order valence-corrected chi connectivity index (χ1v) is 10.3. The van der Waals surface area contributed by atoms with Crippen molar-refractivity contribution in [1.82, 2.24) is 4.98 Å². The fraction of sp³-hybridized carbons (Fsp3) is 0.222. The summed E-state index contributed by atoms with van der Waals surface area (Å²) < 4.78 is 17.7. The molecule has 0 radical (unpaired) electrons. The Morgan fingerprint density at radius 2 is 2.16 bits per heavy atom. The van der Waals surface area contributed by atoms with Gasteiger partial charge in [0.05, 0.1) is 17.7 Å². The third-order valence-electron chi connectivity index (χ3n) is 4.07. The van der Waals surface area contributed by atoms with E-state index in [-0.39, 0.29) is 17.4 Å². The summed E-state index contributed by atoms with van der Waals surface area (Å²) in [5.41, 5.74) is 2.84. The quantitative estimate of drug-likeness (QED) is 0.690. The predicted molar refractivity (Wildman–Crippen MR) is 99.0 cm³/mol. The highest BCUT2D eigenvalue weighted by Gasteiger charge is 2.25. The van der Waals surface area contributed by atoms with Gasteiger partial charge in [0.1, 0.15) is 5.75 Å². The second-order valence-corrected chi connectivity index (χ2v) is 8.09. The van der Waals surface area contributed by atoms with Crippen LogP contribution >= 0.6 is 11.3 Å². The number of rotatable bonds is 5. The van der Waals surface area contributed by atoms with E-state index in [1.807, 2.05) is 35.7 Å². The van der Waals surface area contributed by atoms with Crippen LogP contribution in [0.1, 0.15) is 11.3 Å². The number of fused-ring (bicyclic) bond motifs is 1. The molecule has 3 heterocycles. The number of carbonyl (C=O) groups excluding carboxylic acids is 1. The maximum atomic E-state index is 12.5. The molecule has 0 fully saturated rings. The van der Waals surface area contributed by atoms with Crippen LogP contribution in [0.4, 0.5) is 5.69 Å². The molecule has 4 rings (SSSR count). The molecular weight excluding hydrogens is 356 g/mol. The van der Waals surface area contributed by atoms with Crippen molar-refractivity contribution in [3.05, 3.63) is 59.3 Å². The van der Waals surface area contributed by atoms with Gasteiger partial charge in [0.2, 0.25) is 5.91 Å². The van der Waals surface area contributed by atoms with Gasteiger partial charge >= 0.3 is 0 Å². The lowest BCUT2D eigenvalue weighted by atomic mass is 10.2. The first-order valence-electron chi connectivity index (χ1n) is 7.92. The Hall–Kier alpha value is -2.25. The molecule has 2 aromatic heterocycles. The summed E-state index contributed by atoms with van der Waals surface area (Å²) in [6.45, 7) is 0.661. The highest BCUT2D eigenvalue weighted by molar-refractivity contribution is 7.85. The number of hydrogen-bond donors (Lipinski definition) is 0. The number of para-hydroxylation sites is 1. The van der Waals surface area contributed by atoms with Crippen LogP contribution < -0.4 is 4.90 Å². The lowest BCUT2D eigenvalue weighted by Crippen LogP contribution is -2.33. The monoisotopic (exact) mass is 372 g/mol. The third kappa shape index (κ3) is 3.43. The van der Waals surface area contributed by atoms with Crippen LogP contribution in [0, 0.1) is 0 Å². The van der Waals surface area contributed by atoms with E-state index in [1.165, 1.54) is 16.9 Å². The highest BCUT2D eigenvalue weighted by atomic mass is 32.2. The fourth-order valence-electron chi connectivity index (χ4n) is 2.92. The fourth-order valence-corrected chi connectivity index (χ4v) is 4.82. The number of hydrogen-bond acceptors (Lipinski definition) is 5. The lowest BCUT2D eigenvalue weighted by Gasteiger charge is -2.16. The van der Waals surface area contributed by atoms with Gasteiger partial charge in [0, 0.05) is 28.4 Å². The summed E-state index contributed by atoms with van der Waals surface area (Å²) in [5, 5.41) is 2.63. The van der Waals surface area contributed by atoms with Crippen LogP contribution in [-0.4, -0.2) is 27.4 Å². The van der Waals surface area contributed by atoms with Gasteiger partial charge in [-0.3, -0.25) is 9.00 Å². The second kappa shape index (κ2) is 6.93. The van der Waals surface area contributed by atoms with E-state index in [9.17, 15) is 9.00 Å². The van der Waals surface area contributed by atoms with Crippen molar-refractivity contribution in [2.75, 3.05) is 17.2 Å². The molecule has 3 aromatic rings. The average Bonchev–Trinajstić information content (AvgIpc) is 3.34. The van der Waals surface area contributed by atoms with Crippen LogP contribution in [0.25, 0.3) is 10.8 Å². The van der Waals surface area contributed by atoms with E-state index < -0.39 is 10.8 Å². The number of amides is 1. The molecule has 128 valence electrons. The summed E-state index contributed by atoms with van der Waals surface area (Å²) in [6.07, 6.45) is 2.45. The average molecular weight is 372 g/mol. The van der Waals surface area contributed by atoms with Crippen molar-refractivity contribution >= 4 is 33.7 Å². The van der Waals surface area contributed by atoms with Crippen LogP contribution in [0.15, 0.2) is 52.5 Å². The molecule has 25 heavy (non-hydrogen) atoms. The first-order chi connectivity index (χ1) is 12.2. The molecule has 0 unspecified atom stereocenters. The van der Waals surface area contributed by atoms with Crippen LogP contribution in [0.3, 0.4) is 0 Å². The second-order valence-electron chi connectivity index (χ2n) is 5.77. The SMILES string of the molecule is O=C(C[S@](=O)Cc1csc(-c2ccco2)n1)N1CCc2ccccc21. The predicted octanol–water partition coefficient (Wildman–Crippen LogP) is 3.24. The molecule has 1 aromatic carbocycles. The summed E-state index contributed by atoms with van der Waals surface area (Å²) in [5.74, 6) is 0.900. The smallest absolute Gasteiger partial charge is 0.239 e. The zero-order valence-corrected chi connectivity index (χ0v) is 15.0. The minimum Gasteiger partial charge on any atom is -0.462 e. The molecule has 0 aliphatic carbocycles. The van der Waals surface area contributed by atoms with Gasteiger partial charge in [0.15, 0.2) is 10.8 Å². The summed E-state index contributed by atoms with van der Waals surface area (Å²) >= 11 is 1.45. The molecule has 5 nitrogen and oxygen atoms in total. The molecule has 0 spiro atoms. The van der Waals surface area contributed by atoms with E-state index in [0.717, 1.165) is 22.8 Å². The van der Waals surface area contributed by atoms with Crippen LogP contribution in [0.2, 0.25) is 0 Å². The number of anilines is 1. The third-order valence-corrected chi connectivity index (χ3v) is 6.16. The maximum absolute atomic E-state index is 12.5. The number of thiazole rings is 1. The van der Waals surface area contributed by atoms with E-state index in [2.05, 4.69) is 4.98 Å². The van der Waals surface area contributed by atoms with Crippen LogP contribution in [0.5, 0.6) is 0 Å². The molecule has 0 bridgehead atoms. The molecule has 1 aliphatic heterocycles. The normalized spacial score (nSPS) is 14.5. The molecule has 0 saturated carbocycles. The first kappa shape index (κ1) is 16.2. The molecule has 1 amide bonds. The molecule has 1 atom stereocenters. The van der Waals surface area contributed by atoms with Crippen molar-refractivity contribution in [2.24, 2.45) is 0 Å². The Morgan fingerprint density at radius 3 is 3.00 bits per heavy atom. The minimum atomic E-state index is -1.29. The molecule has 0 N–H and O–H groups in total. The van der Waals surface area contributed by atoms with Crippen molar-refractivity contribution in [2.45, 2.75) is 12.2 Å². The van der Waals surface area contributed by atoms with Crippen molar-refractivity contribution < 1.29 is 13.4 Å². The largest absolute Gasteiger partial charge is 0.462 e.